The van der Waals surface area contributed by atoms with Gasteiger partial charge < -0.3 is 5.32 Å². The van der Waals surface area contributed by atoms with Gasteiger partial charge in [-0.25, -0.2) is 0 Å². The number of carbonyl (C=O) groups excluding carboxylic acids is 1. The Morgan fingerprint density at radius 2 is 1.88 bits per heavy atom. The highest BCUT2D eigenvalue weighted by atomic mass is 127. The predicted octanol–water partition coefficient (Wildman–Crippen LogP) is 1.59. The summed E-state index contributed by atoms with van der Waals surface area (Å²) in [6.45, 7) is 3.81. The van der Waals surface area contributed by atoms with E-state index in [1.165, 1.54) is 0 Å². The standard InChI is InChI=1S/C12H15IN2O/c13-12(16)11(10-4-2-1-3-5-10)15-8-6-14-7-9-15/h1-5,11,14H,6-9H2. The Kier molecular flexibility index (Phi) is 4.31. The van der Waals surface area contributed by atoms with Crippen LogP contribution in [0.5, 0.6) is 0 Å². The van der Waals surface area contributed by atoms with Crippen molar-refractivity contribution >= 4 is 26.4 Å². The molecule has 1 aliphatic rings. The molecule has 0 radical (unpaired) electrons. The van der Waals surface area contributed by atoms with Gasteiger partial charge in [-0.2, -0.15) is 0 Å². The summed E-state index contributed by atoms with van der Waals surface area (Å²) in [7, 11) is 0. The van der Waals surface area contributed by atoms with Crippen LogP contribution in [0, 0.1) is 0 Å². The average molecular weight is 330 g/mol. The predicted molar refractivity (Wildman–Crippen MR) is 72.7 cm³/mol. The van der Waals surface area contributed by atoms with Crippen LogP contribution in [0.3, 0.4) is 0 Å². The van der Waals surface area contributed by atoms with Crippen molar-refractivity contribution in [1.29, 1.82) is 0 Å². The highest BCUT2D eigenvalue weighted by Crippen LogP contribution is 2.24. The highest BCUT2D eigenvalue weighted by Gasteiger charge is 2.26. The number of nitrogens with zero attached hydrogens (tertiary/aromatic N) is 1. The average Bonchev–Trinajstić information content (AvgIpc) is 2.31. The molecule has 1 atom stereocenters. The van der Waals surface area contributed by atoms with Crippen molar-refractivity contribution in [3.05, 3.63) is 35.9 Å². The second-order valence-corrected chi connectivity index (χ2v) is 4.97. The van der Waals surface area contributed by atoms with Gasteiger partial charge in [0, 0.05) is 48.8 Å². The number of hydrogen-bond donors (Lipinski definition) is 1. The first-order valence-corrected chi connectivity index (χ1v) is 6.56. The lowest BCUT2D eigenvalue weighted by Crippen LogP contribution is -2.46. The van der Waals surface area contributed by atoms with E-state index in [2.05, 4.69) is 10.2 Å². The molecule has 1 fully saturated rings. The van der Waals surface area contributed by atoms with E-state index in [1.807, 2.05) is 52.9 Å². The van der Waals surface area contributed by atoms with Crippen LogP contribution >= 0.6 is 22.6 Å². The molecule has 3 nitrogen and oxygen atoms in total. The van der Waals surface area contributed by atoms with E-state index in [0.717, 1.165) is 31.7 Å². The van der Waals surface area contributed by atoms with E-state index in [1.54, 1.807) is 0 Å². The second-order valence-electron chi connectivity index (χ2n) is 3.90. The summed E-state index contributed by atoms with van der Waals surface area (Å²) in [5.74, 6) is 0. The van der Waals surface area contributed by atoms with Crippen LogP contribution in [-0.4, -0.2) is 34.9 Å². The van der Waals surface area contributed by atoms with Crippen molar-refractivity contribution < 1.29 is 4.79 Å². The molecule has 1 unspecified atom stereocenters. The molecule has 1 aromatic rings. The molecule has 0 saturated carbocycles. The second kappa shape index (κ2) is 5.75. The van der Waals surface area contributed by atoms with Gasteiger partial charge >= 0.3 is 0 Å². The zero-order chi connectivity index (χ0) is 11.4. The van der Waals surface area contributed by atoms with E-state index in [9.17, 15) is 4.79 Å². The van der Waals surface area contributed by atoms with Crippen LogP contribution in [0.1, 0.15) is 11.6 Å². The van der Waals surface area contributed by atoms with Gasteiger partial charge in [0.05, 0.1) is 0 Å². The van der Waals surface area contributed by atoms with Gasteiger partial charge in [-0.05, 0) is 5.56 Å². The molecule has 1 saturated heterocycles. The van der Waals surface area contributed by atoms with Gasteiger partial charge in [0.2, 0.25) is 3.79 Å². The molecule has 4 heteroatoms. The maximum atomic E-state index is 11.8. The molecule has 0 aromatic heterocycles. The van der Waals surface area contributed by atoms with Gasteiger partial charge in [-0.1, -0.05) is 30.3 Å². The zero-order valence-electron chi connectivity index (χ0n) is 9.03. The van der Waals surface area contributed by atoms with E-state index in [4.69, 9.17) is 0 Å². The third-order valence-electron chi connectivity index (χ3n) is 2.85. The molecule has 0 bridgehead atoms. The Balaban J connectivity index is 2.20. The minimum atomic E-state index is -0.0797. The van der Waals surface area contributed by atoms with E-state index >= 15 is 0 Å². The lowest BCUT2D eigenvalue weighted by molar-refractivity contribution is -0.114. The zero-order valence-corrected chi connectivity index (χ0v) is 11.2. The largest absolute Gasteiger partial charge is 0.314 e. The van der Waals surface area contributed by atoms with E-state index in [0.29, 0.717) is 0 Å². The minimum absolute atomic E-state index is 0.0797. The molecule has 1 aromatic carbocycles. The number of piperazine rings is 1. The Morgan fingerprint density at radius 1 is 1.25 bits per heavy atom. The van der Waals surface area contributed by atoms with Crippen molar-refractivity contribution in [2.45, 2.75) is 6.04 Å². The van der Waals surface area contributed by atoms with E-state index < -0.39 is 0 Å². The quantitative estimate of drug-likeness (QED) is 0.675. The van der Waals surface area contributed by atoms with Gasteiger partial charge in [-0.3, -0.25) is 9.69 Å². The highest BCUT2D eigenvalue weighted by molar-refractivity contribution is 14.1. The maximum Gasteiger partial charge on any atom is 0.213 e. The van der Waals surface area contributed by atoms with Crippen molar-refractivity contribution in [2.75, 3.05) is 26.2 Å². The van der Waals surface area contributed by atoms with E-state index in [-0.39, 0.29) is 9.83 Å². The summed E-state index contributed by atoms with van der Waals surface area (Å²) in [5, 5.41) is 3.30. The summed E-state index contributed by atoms with van der Waals surface area (Å²) in [6.07, 6.45) is 0. The van der Waals surface area contributed by atoms with Crippen molar-refractivity contribution in [2.24, 2.45) is 0 Å². The van der Waals surface area contributed by atoms with Crippen LogP contribution in [0.15, 0.2) is 30.3 Å². The fourth-order valence-corrected chi connectivity index (χ4v) is 2.81. The molecule has 1 heterocycles. The van der Waals surface area contributed by atoms with Crippen LogP contribution in [0.2, 0.25) is 0 Å². The normalized spacial score (nSPS) is 19.3. The summed E-state index contributed by atoms with van der Waals surface area (Å²) in [4.78, 5) is 14.0. The number of carbonyl (C=O) groups is 1. The minimum Gasteiger partial charge on any atom is -0.314 e. The lowest BCUT2D eigenvalue weighted by atomic mass is 10.1. The molecular formula is C12H15IN2O. The summed E-state index contributed by atoms with van der Waals surface area (Å²) >= 11 is 1.91. The lowest BCUT2D eigenvalue weighted by Gasteiger charge is -2.33. The summed E-state index contributed by atoms with van der Waals surface area (Å²) < 4.78 is 0.200. The molecule has 0 spiro atoms. The van der Waals surface area contributed by atoms with Gasteiger partial charge in [0.15, 0.2) is 0 Å². The van der Waals surface area contributed by atoms with Crippen LogP contribution in [-0.2, 0) is 4.79 Å². The van der Waals surface area contributed by atoms with Gasteiger partial charge in [0.25, 0.3) is 0 Å². The first-order chi connectivity index (χ1) is 7.79. The number of nitrogens with one attached hydrogen (secondary N) is 1. The molecule has 16 heavy (non-hydrogen) atoms. The topological polar surface area (TPSA) is 32.3 Å². The van der Waals surface area contributed by atoms with Crippen molar-refractivity contribution in [3.8, 4) is 0 Å². The SMILES string of the molecule is O=C(I)C(c1ccccc1)N1CCNCC1. The Bertz CT molecular complexity index is 349. The molecule has 86 valence electrons. The number of rotatable bonds is 3. The molecular weight excluding hydrogens is 315 g/mol. The number of halogens is 1. The maximum absolute atomic E-state index is 11.8. The summed E-state index contributed by atoms with van der Waals surface area (Å²) in [6, 6.07) is 9.94. The third-order valence-corrected chi connectivity index (χ3v) is 3.44. The molecule has 2 rings (SSSR count). The molecule has 0 aliphatic carbocycles. The smallest absolute Gasteiger partial charge is 0.213 e. The van der Waals surface area contributed by atoms with Gasteiger partial charge in [0.1, 0.15) is 6.04 Å². The first-order valence-electron chi connectivity index (χ1n) is 5.48. The van der Waals surface area contributed by atoms with Crippen LogP contribution in [0.4, 0.5) is 0 Å². The monoisotopic (exact) mass is 330 g/mol. The molecule has 1 N–H and O–H groups in total. The molecule has 1 aliphatic heterocycles. The van der Waals surface area contributed by atoms with Gasteiger partial charge in [-0.15, -0.1) is 0 Å². The van der Waals surface area contributed by atoms with Crippen molar-refractivity contribution in [3.63, 3.8) is 0 Å². The Morgan fingerprint density at radius 3 is 2.44 bits per heavy atom. The number of benzene rings is 1. The first kappa shape index (κ1) is 12.0. The fourth-order valence-electron chi connectivity index (χ4n) is 2.06. The summed E-state index contributed by atoms with van der Waals surface area (Å²) in [5.41, 5.74) is 1.10. The van der Waals surface area contributed by atoms with Crippen LogP contribution < -0.4 is 5.32 Å². The molecule has 0 amide bonds. The fraction of sp³-hybridized carbons (Fsp3) is 0.417. The van der Waals surface area contributed by atoms with Crippen LogP contribution in [0.25, 0.3) is 0 Å². The Hall–Kier alpha value is -0.460. The third kappa shape index (κ3) is 2.81. The number of hydrogen-bond acceptors (Lipinski definition) is 3. The van der Waals surface area contributed by atoms with Crippen molar-refractivity contribution in [1.82, 2.24) is 10.2 Å². The Labute approximate surface area is 109 Å².